The van der Waals surface area contributed by atoms with Crippen molar-refractivity contribution in [1.29, 1.82) is 0 Å². The van der Waals surface area contributed by atoms with Gasteiger partial charge in [0.15, 0.2) is 0 Å². The number of ether oxygens (including phenoxy) is 1. The number of aliphatic carboxylic acids is 1. The number of carbonyl (C=O) groups is 2. The lowest BCUT2D eigenvalue weighted by Crippen LogP contribution is -2.44. The van der Waals surface area contributed by atoms with Crippen molar-refractivity contribution in [3.63, 3.8) is 0 Å². The van der Waals surface area contributed by atoms with Crippen molar-refractivity contribution in [2.24, 2.45) is 5.92 Å². The highest BCUT2D eigenvalue weighted by molar-refractivity contribution is 5.84. The van der Waals surface area contributed by atoms with E-state index in [1.165, 1.54) is 7.11 Å². The maximum absolute atomic E-state index is 11.6. The topological polar surface area (TPSA) is 75.6 Å². The molecule has 0 saturated heterocycles. The number of carbonyl (C=O) groups excluding carboxylic acids is 1. The van der Waals surface area contributed by atoms with Crippen LogP contribution in [-0.2, 0) is 16.0 Å². The average molecular weight is 265 g/mol. The monoisotopic (exact) mass is 265 g/mol. The Morgan fingerprint density at radius 2 is 1.95 bits per heavy atom. The van der Waals surface area contributed by atoms with Crippen molar-refractivity contribution in [2.45, 2.75) is 26.3 Å². The summed E-state index contributed by atoms with van der Waals surface area (Å²) in [6.07, 6.45) is 0.192. The fourth-order valence-electron chi connectivity index (χ4n) is 1.63. The molecule has 1 atom stereocenters. The van der Waals surface area contributed by atoms with E-state index in [-0.39, 0.29) is 18.2 Å². The first-order valence-corrected chi connectivity index (χ1v) is 6.10. The predicted molar refractivity (Wildman–Crippen MR) is 71.1 cm³/mol. The number of nitrogens with one attached hydrogen (secondary N) is 1. The van der Waals surface area contributed by atoms with Crippen molar-refractivity contribution >= 4 is 11.9 Å². The smallest absolute Gasteiger partial charge is 0.326 e. The first-order chi connectivity index (χ1) is 8.95. The predicted octanol–water partition coefficient (Wildman–Crippen LogP) is 1.46. The third-order valence-corrected chi connectivity index (χ3v) is 2.76. The molecule has 2 N–H and O–H groups in total. The minimum atomic E-state index is -1.06. The summed E-state index contributed by atoms with van der Waals surface area (Å²) in [5.41, 5.74) is 0.751. The summed E-state index contributed by atoms with van der Waals surface area (Å²) in [7, 11) is 1.53. The van der Waals surface area contributed by atoms with E-state index in [0.29, 0.717) is 5.75 Å². The van der Waals surface area contributed by atoms with Gasteiger partial charge in [-0.3, -0.25) is 4.79 Å². The van der Waals surface area contributed by atoms with Crippen LogP contribution in [0.25, 0.3) is 0 Å². The van der Waals surface area contributed by atoms with Crippen LogP contribution < -0.4 is 10.1 Å². The molecule has 0 saturated carbocycles. The minimum absolute atomic E-state index is 0.192. The van der Waals surface area contributed by atoms with Crippen molar-refractivity contribution in [1.82, 2.24) is 5.32 Å². The second kappa shape index (κ2) is 6.78. The minimum Gasteiger partial charge on any atom is -0.496 e. The summed E-state index contributed by atoms with van der Waals surface area (Å²) in [5, 5.41) is 11.7. The number of hydrogen-bond acceptors (Lipinski definition) is 3. The van der Waals surface area contributed by atoms with Gasteiger partial charge in [-0.2, -0.15) is 0 Å². The van der Waals surface area contributed by atoms with Crippen molar-refractivity contribution < 1.29 is 19.4 Å². The Labute approximate surface area is 112 Å². The van der Waals surface area contributed by atoms with E-state index in [1.807, 2.05) is 6.07 Å². The van der Waals surface area contributed by atoms with Crippen molar-refractivity contribution in [3.05, 3.63) is 29.8 Å². The van der Waals surface area contributed by atoms with Crippen LogP contribution in [0.1, 0.15) is 19.4 Å². The lowest BCUT2D eigenvalue weighted by molar-refractivity contribution is -0.142. The molecule has 0 aliphatic carbocycles. The van der Waals surface area contributed by atoms with Crippen LogP contribution in [0.3, 0.4) is 0 Å². The van der Waals surface area contributed by atoms with Gasteiger partial charge in [0.2, 0.25) is 5.91 Å². The highest BCUT2D eigenvalue weighted by atomic mass is 16.5. The van der Waals surface area contributed by atoms with Gasteiger partial charge in [0.1, 0.15) is 11.8 Å². The number of methoxy groups -OCH3 is 1. The van der Waals surface area contributed by atoms with E-state index in [2.05, 4.69) is 5.32 Å². The van der Waals surface area contributed by atoms with Crippen LogP contribution in [0.5, 0.6) is 5.75 Å². The van der Waals surface area contributed by atoms with Gasteiger partial charge >= 0.3 is 5.97 Å². The van der Waals surface area contributed by atoms with Crippen LogP contribution in [0.2, 0.25) is 0 Å². The Morgan fingerprint density at radius 1 is 1.32 bits per heavy atom. The number of carboxylic acids is 1. The zero-order valence-electron chi connectivity index (χ0n) is 11.3. The van der Waals surface area contributed by atoms with Crippen LogP contribution in [-0.4, -0.2) is 30.1 Å². The molecule has 0 aromatic heterocycles. The second-order valence-corrected chi connectivity index (χ2v) is 4.57. The zero-order valence-corrected chi connectivity index (χ0v) is 11.3. The van der Waals surface area contributed by atoms with Crippen LogP contribution in [0, 0.1) is 5.92 Å². The molecule has 1 rings (SSSR count). The highest BCUT2D eigenvalue weighted by Crippen LogP contribution is 2.19. The Hall–Kier alpha value is -2.04. The molecule has 0 radical (unpaired) electrons. The maximum atomic E-state index is 11.6. The molecule has 0 heterocycles. The molecule has 1 amide bonds. The summed E-state index contributed by atoms with van der Waals surface area (Å²) >= 11 is 0. The van der Waals surface area contributed by atoms with Gasteiger partial charge in [-0.25, -0.2) is 4.79 Å². The zero-order chi connectivity index (χ0) is 14.4. The second-order valence-electron chi connectivity index (χ2n) is 4.57. The lowest BCUT2D eigenvalue weighted by Gasteiger charge is -2.17. The number of para-hydroxylation sites is 1. The molecule has 1 aromatic rings. The fourth-order valence-corrected chi connectivity index (χ4v) is 1.63. The highest BCUT2D eigenvalue weighted by Gasteiger charge is 2.22. The van der Waals surface area contributed by atoms with Gasteiger partial charge < -0.3 is 15.2 Å². The van der Waals surface area contributed by atoms with Gasteiger partial charge in [0.25, 0.3) is 0 Å². The Kier molecular flexibility index (Phi) is 5.36. The molecule has 0 aliphatic heterocycles. The molecule has 0 aliphatic rings. The molecular formula is C14H19NO4. The molecule has 0 unspecified atom stereocenters. The van der Waals surface area contributed by atoms with Gasteiger partial charge in [-0.15, -0.1) is 0 Å². The Morgan fingerprint density at radius 3 is 2.47 bits per heavy atom. The lowest BCUT2D eigenvalue weighted by atomic mass is 10.0. The van der Waals surface area contributed by atoms with Crippen molar-refractivity contribution in [2.75, 3.05) is 7.11 Å². The van der Waals surface area contributed by atoms with Gasteiger partial charge in [-0.05, 0) is 11.6 Å². The molecule has 104 valence electrons. The van der Waals surface area contributed by atoms with Gasteiger partial charge in [0, 0.05) is 12.3 Å². The number of benzene rings is 1. The normalized spacial score (nSPS) is 12.0. The van der Waals surface area contributed by atoms with Gasteiger partial charge in [0.05, 0.1) is 7.11 Å². The standard InChI is InChI=1S/C14H19NO4/c1-9(2)13(16)15-11(14(17)18)8-10-6-4-5-7-12(10)19-3/h4-7,9,11H,8H2,1-3H3,(H,15,16)(H,17,18)/t11-/m0/s1. The molecule has 0 bridgehead atoms. The molecule has 19 heavy (non-hydrogen) atoms. The molecule has 1 aromatic carbocycles. The number of hydrogen-bond donors (Lipinski definition) is 2. The number of rotatable bonds is 6. The Bertz CT molecular complexity index is 457. The molecule has 5 heteroatoms. The van der Waals surface area contributed by atoms with Crippen molar-refractivity contribution in [3.8, 4) is 5.75 Å². The summed E-state index contributed by atoms with van der Waals surface area (Å²) in [6, 6.07) is 6.21. The summed E-state index contributed by atoms with van der Waals surface area (Å²) in [4.78, 5) is 22.8. The summed E-state index contributed by atoms with van der Waals surface area (Å²) < 4.78 is 5.17. The van der Waals surface area contributed by atoms with Crippen LogP contribution >= 0.6 is 0 Å². The number of amides is 1. The first kappa shape index (κ1) is 15.0. The summed E-state index contributed by atoms with van der Waals surface area (Å²) in [5.74, 6) is -0.964. The third kappa shape index (κ3) is 4.28. The average Bonchev–Trinajstić information content (AvgIpc) is 2.38. The Balaban J connectivity index is 2.84. The largest absolute Gasteiger partial charge is 0.496 e. The number of carboxylic acid groups (broad SMARTS) is 1. The van der Waals surface area contributed by atoms with E-state index in [4.69, 9.17) is 4.74 Å². The third-order valence-electron chi connectivity index (χ3n) is 2.76. The molecular weight excluding hydrogens is 246 g/mol. The van der Waals surface area contributed by atoms with E-state index in [1.54, 1.807) is 32.0 Å². The molecule has 5 nitrogen and oxygen atoms in total. The first-order valence-electron chi connectivity index (χ1n) is 6.10. The quantitative estimate of drug-likeness (QED) is 0.816. The van der Waals surface area contributed by atoms with E-state index in [0.717, 1.165) is 5.56 Å². The van der Waals surface area contributed by atoms with E-state index >= 15 is 0 Å². The molecule has 0 fully saturated rings. The maximum Gasteiger partial charge on any atom is 0.326 e. The SMILES string of the molecule is COc1ccccc1C[C@H](NC(=O)C(C)C)C(=O)O. The van der Waals surface area contributed by atoms with Crippen LogP contribution in [0.15, 0.2) is 24.3 Å². The fraction of sp³-hybridized carbons (Fsp3) is 0.429. The molecule has 0 spiro atoms. The van der Waals surface area contributed by atoms with Crippen LogP contribution in [0.4, 0.5) is 0 Å². The van der Waals surface area contributed by atoms with Gasteiger partial charge in [-0.1, -0.05) is 32.0 Å². The van der Waals surface area contributed by atoms with E-state index < -0.39 is 12.0 Å². The summed E-state index contributed by atoms with van der Waals surface area (Å²) in [6.45, 7) is 3.44. The van der Waals surface area contributed by atoms with E-state index in [9.17, 15) is 14.7 Å².